The number of thiophene rings is 1. The van der Waals surface area contributed by atoms with E-state index >= 15 is 0 Å². The van der Waals surface area contributed by atoms with Gasteiger partial charge in [0.05, 0.1) is 0 Å². The van der Waals surface area contributed by atoms with Crippen molar-refractivity contribution in [2.45, 2.75) is 37.9 Å². The van der Waals surface area contributed by atoms with Crippen molar-refractivity contribution in [3.8, 4) is 5.75 Å². The van der Waals surface area contributed by atoms with Gasteiger partial charge in [-0.1, -0.05) is 13.8 Å². The molecule has 0 fully saturated rings. The zero-order valence-corrected chi connectivity index (χ0v) is 19.0. The van der Waals surface area contributed by atoms with Gasteiger partial charge in [0.1, 0.15) is 17.2 Å². The van der Waals surface area contributed by atoms with Crippen molar-refractivity contribution in [2.75, 3.05) is 14.1 Å². The molecule has 0 spiro atoms. The zero-order valence-electron chi connectivity index (χ0n) is 17.3. The molecule has 160 valence electrons. The van der Waals surface area contributed by atoms with Crippen LogP contribution in [0.4, 0.5) is 5.69 Å². The average Bonchev–Trinajstić information content (AvgIpc) is 3.15. The van der Waals surface area contributed by atoms with Crippen LogP contribution in [0.25, 0.3) is 0 Å². The Kier molecular flexibility index (Phi) is 6.76. The summed E-state index contributed by atoms with van der Waals surface area (Å²) in [4.78, 5) is 7.21. The van der Waals surface area contributed by atoms with E-state index in [1.165, 1.54) is 19.5 Å². The number of rotatable bonds is 6. The highest BCUT2D eigenvalue weighted by Gasteiger charge is 2.27. The molecule has 2 aromatic rings. The maximum atomic E-state index is 12.2. The van der Waals surface area contributed by atoms with E-state index in [0.29, 0.717) is 0 Å². The first-order valence-electron chi connectivity index (χ1n) is 8.89. The van der Waals surface area contributed by atoms with E-state index < -0.39 is 15.8 Å². The molecular weight excluding hydrogens is 414 g/mol. The number of aromatic hydroxyl groups is 1. The number of nitrogens with zero attached hydrogens (tertiary/aromatic N) is 2. The van der Waals surface area contributed by atoms with Gasteiger partial charge in [-0.05, 0) is 25.5 Å². The van der Waals surface area contributed by atoms with Gasteiger partial charge in [-0.15, -0.1) is 11.3 Å². The molecule has 0 aliphatic heterocycles. The second kappa shape index (κ2) is 8.56. The van der Waals surface area contributed by atoms with Gasteiger partial charge in [0, 0.05) is 25.4 Å². The monoisotopic (exact) mass is 442 g/mol. The Morgan fingerprint density at radius 2 is 1.93 bits per heavy atom. The number of nitrogens with one attached hydrogen (secondary N) is 1. The third-order valence-electron chi connectivity index (χ3n) is 4.41. The van der Waals surface area contributed by atoms with Crippen LogP contribution in [-0.4, -0.2) is 43.6 Å². The van der Waals surface area contributed by atoms with Crippen LogP contribution in [0.2, 0.25) is 0 Å². The van der Waals surface area contributed by atoms with Crippen molar-refractivity contribution >= 4 is 38.7 Å². The summed E-state index contributed by atoms with van der Waals surface area (Å²) in [7, 11) is -1.02. The molecule has 0 amide bonds. The van der Waals surface area contributed by atoms with Gasteiger partial charge in [0.15, 0.2) is 16.0 Å². The molecule has 9 nitrogen and oxygen atoms in total. The lowest BCUT2D eigenvalue weighted by Crippen LogP contribution is -2.80. The molecule has 0 aromatic carbocycles. The van der Waals surface area contributed by atoms with Gasteiger partial charge in [-0.25, -0.2) is 17.7 Å². The van der Waals surface area contributed by atoms with E-state index in [4.69, 9.17) is 15.9 Å². The largest absolute Gasteiger partial charge is 0.504 e. The molecule has 11 heteroatoms. The summed E-state index contributed by atoms with van der Waals surface area (Å²) in [5, 5.41) is 11.7. The smallest absolute Gasteiger partial charge is 0.309 e. The topological polar surface area (TPSA) is 149 Å². The van der Waals surface area contributed by atoms with Crippen LogP contribution < -0.4 is 16.5 Å². The van der Waals surface area contributed by atoms with Gasteiger partial charge < -0.3 is 15.3 Å². The van der Waals surface area contributed by atoms with Crippen molar-refractivity contribution in [1.29, 1.82) is 0 Å². The SMILES string of the molecule is Cc1cc([C@H]([NH+]=C(N)C(N)=Nc2csc(S(=O)(=O)N(C)C)c2O)C(C)C)oc1C. The highest BCUT2D eigenvalue weighted by atomic mass is 32.2. The molecule has 6 N–H and O–H groups in total. The Balaban J connectivity index is 2.39. The van der Waals surface area contributed by atoms with Gasteiger partial charge in [0.2, 0.25) is 5.84 Å². The highest BCUT2D eigenvalue weighted by molar-refractivity contribution is 7.91. The van der Waals surface area contributed by atoms with Crippen LogP contribution in [0.5, 0.6) is 5.75 Å². The molecule has 0 unspecified atom stereocenters. The maximum Gasteiger partial charge on any atom is 0.309 e. The average molecular weight is 443 g/mol. The van der Waals surface area contributed by atoms with Crippen molar-refractivity contribution in [1.82, 2.24) is 4.31 Å². The summed E-state index contributed by atoms with van der Waals surface area (Å²) in [5.41, 5.74) is 13.1. The quantitative estimate of drug-likeness (QED) is 0.383. The first kappa shape index (κ1) is 22.9. The molecule has 0 aliphatic rings. The Morgan fingerprint density at radius 1 is 1.31 bits per heavy atom. The molecule has 0 aliphatic carbocycles. The van der Waals surface area contributed by atoms with Crippen LogP contribution in [0.3, 0.4) is 0 Å². The van der Waals surface area contributed by atoms with Crippen molar-refractivity contribution < 1.29 is 22.9 Å². The lowest BCUT2D eigenvalue weighted by atomic mass is 10.0. The minimum atomic E-state index is -3.79. The third kappa shape index (κ3) is 4.80. The molecule has 29 heavy (non-hydrogen) atoms. The van der Waals surface area contributed by atoms with Gasteiger partial charge >= 0.3 is 5.84 Å². The minimum Gasteiger partial charge on any atom is -0.504 e. The second-order valence-electron chi connectivity index (χ2n) is 7.21. The molecule has 2 heterocycles. The molecule has 2 rings (SSSR count). The van der Waals surface area contributed by atoms with E-state index in [2.05, 4.69) is 9.98 Å². The summed E-state index contributed by atoms with van der Waals surface area (Å²) in [6.45, 7) is 7.86. The molecule has 0 saturated carbocycles. The van der Waals surface area contributed by atoms with Gasteiger partial charge in [0.25, 0.3) is 10.0 Å². The lowest BCUT2D eigenvalue weighted by molar-refractivity contribution is -0.522. The number of aryl methyl sites for hydroxylation is 2. The van der Waals surface area contributed by atoms with Crippen LogP contribution in [0.1, 0.15) is 37.0 Å². The highest BCUT2D eigenvalue weighted by Crippen LogP contribution is 2.40. The van der Waals surface area contributed by atoms with Crippen LogP contribution in [0.15, 0.2) is 25.1 Å². The Morgan fingerprint density at radius 3 is 2.41 bits per heavy atom. The molecule has 0 saturated heterocycles. The maximum absolute atomic E-state index is 12.2. The van der Waals surface area contributed by atoms with Crippen LogP contribution >= 0.6 is 11.3 Å². The summed E-state index contributed by atoms with van der Waals surface area (Å²) < 4.78 is 31.1. The number of aliphatic imine (C=N–C) groups is 1. The fourth-order valence-corrected chi connectivity index (χ4v) is 4.86. The van der Waals surface area contributed by atoms with Crippen molar-refractivity contribution in [3.05, 3.63) is 28.5 Å². The van der Waals surface area contributed by atoms with Gasteiger partial charge in [-0.3, -0.25) is 10.7 Å². The summed E-state index contributed by atoms with van der Waals surface area (Å²) in [6.07, 6.45) is 0. The first-order valence-corrected chi connectivity index (χ1v) is 11.2. The number of sulfonamides is 1. The van der Waals surface area contributed by atoms with Crippen molar-refractivity contribution in [3.63, 3.8) is 0 Å². The molecule has 0 radical (unpaired) electrons. The van der Waals surface area contributed by atoms with E-state index in [9.17, 15) is 13.5 Å². The third-order valence-corrected chi connectivity index (χ3v) is 7.71. The second-order valence-corrected chi connectivity index (χ2v) is 10.4. The summed E-state index contributed by atoms with van der Waals surface area (Å²) >= 11 is 0.857. The predicted octanol–water partition coefficient (Wildman–Crippen LogP) is 0.738. The summed E-state index contributed by atoms with van der Waals surface area (Å²) in [6, 6.07) is 1.70. The molecule has 2 aromatic heterocycles. The predicted molar refractivity (Wildman–Crippen MR) is 114 cm³/mol. The first-order chi connectivity index (χ1) is 13.4. The fourth-order valence-electron chi connectivity index (χ4n) is 2.51. The number of amidine groups is 2. The Labute approximate surface area is 174 Å². The Hall–Kier alpha value is -2.37. The zero-order chi connectivity index (χ0) is 22.1. The van der Waals surface area contributed by atoms with E-state index in [1.54, 1.807) is 0 Å². The minimum absolute atomic E-state index is 0.0310. The normalized spacial score (nSPS) is 14.8. The molecular formula is C18H28N5O4S2+. The number of hydrogen-bond acceptors (Lipinski definition) is 6. The standard InChI is InChI=1S/C18H27N5O4S2/c1-9(2)14(13-7-10(3)11(4)27-13)22-17(20)16(19)21-12-8-28-18(15(12)24)29(25,26)23(5)6/h7-9,14,24H,1-6H3,(H2,19,21)(H2,20,22)/p+1/t14-/m1/s1. The molecule has 0 bridgehead atoms. The fraction of sp³-hybridized carbons (Fsp3) is 0.444. The van der Waals surface area contributed by atoms with E-state index in [0.717, 1.165) is 32.7 Å². The number of nitrogens with two attached hydrogens (primary N) is 2. The van der Waals surface area contributed by atoms with Crippen molar-refractivity contribution in [2.24, 2.45) is 22.4 Å². The van der Waals surface area contributed by atoms with E-state index in [1.807, 2.05) is 33.8 Å². The number of hydrogen-bond donors (Lipinski definition) is 4. The lowest BCUT2D eigenvalue weighted by Gasteiger charge is -2.12. The number of furan rings is 1. The summed E-state index contributed by atoms with van der Waals surface area (Å²) in [5.74, 6) is 1.25. The van der Waals surface area contributed by atoms with Crippen LogP contribution in [0, 0.1) is 19.8 Å². The van der Waals surface area contributed by atoms with E-state index in [-0.39, 0.29) is 33.5 Å². The van der Waals surface area contributed by atoms with Gasteiger partial charge in [-0.2, -0.15) is 0 Å². The Bertz CT molecular complexity index is 1030. The van der Waals surface area contributed by atoms with Crippen LogP contribution in [-0.2, 0) is 10.0 Å². The molecule has 1 atom stereocenters.